The van der Waals surface area contributed by atoms with E-state index in [-0.39, 0.29) is 19.3 Å². The Kier molecular flexibility index (Phi) is 9.97. The zero-order valence-electron chi connectivity index (χ0n) is 19.7. The topological polar surface area (TPSA) is 134 Å². The van der Waals surface area contributed by atoms with Gasteiger partial charge < -0.3 is 25.3 Å². The van der Waals surface area contributed by atoms with Crippen LogP contribution in [0.25, 0.3) is 0 Å². The van der Waals surface area contributed by atoms with Gasteiger partial charge in [0.15, 0.2) is 0 Å². The number of hydrogen-bond acceptors (Lipinski definition) is 8. The highest BCUT2D eigenvalue weighted by Crippen LogP contribution is 2.14. The van der Waals surface area contributed by atoms with E-state index in [4.69, 9.17) is 19.9 Å². The summed E-state index contributed by atoms with van der Waals surface area (Å²) in [4.78, 5) is 48.8. The van der Waals surface area contributed by atoms with Crippen molar-refractivity contribution >= 4 is 23.8 Å². The minimum atomic E-state index is -1.19. The Morgan fingerprint density at radius 1 is 0.767 bits per heavy atom. The Morgan fingerprint density at radius 2 is 1.20 bits per heavy atom. The maximum atomic E-state index is 12.5. The average molecular weight is 431 g/mol. The lowest BCUT2D eigenvalue weighted by molar-refractivity contribution is -0.160. The van der Waals surface area contributed by atoms with Crippen LogP contribution >= 0.6 is 0 Å². The summed E-state index contributed by atoms with van der Waals surface area (Å²) in [5.41, 5.74) is 3.56. The SMILES string of the molecule is CC(C)(C)OC(=O)CC[C@H](NC(=O)C[C@H](N)C(=O)OC(C)(C)C)C(=O)OC(C)(C)C. The molecule has 1 amide bonds. The molecule has 0 fully saturated rings. The molecule has 0 heterocycles. The number of carbonyl (C=O) groups is 4. The number of carbonyl (C=O) groups excluding carboxylic acids is 4. The molecule has 0 aromatic carbocycles. The van der Waals surface area contributed by atoms with Gasteiger partial charge in [-0.15, -0.1) is 0 Å². The van der Waals surface area contributed by atoms with Gasteiger partial charge >= 0.3 is 17.9 Å². The van der Waals surface area contributed by atoms with Gasteiger partial charge in [0.25, 0.3) is 0 Å². The van der Waals surface area contributed by atoms with Crippen molar-refractivity contribution in [2.75, 3.05) is 0 Å². The van der Waals surface area contributed by atoms with Crippen LogP contribution in [-0.4, -0.2) is 52.7 Å². The van der Waals surface area contributed by atoms with Gasteiger partial charge in [-0.1, -0.05) is 0 Å². The van der Waals surface area contributed by atoms with Crippen molar-refractivity contribution in [1.29, 1.82) is 0 Å². The third kappa shape index (κ3) is 13.9. The fourth-order valence-corrected chi connectivity index (χ4v) is 2.19. The maximum Gasteiger partial charge on any atom is 0.329 e. The standard InChI is InChI=1S/C21H38N2O7/c1-19(2,3)28-16(25)11-10-14(18(27)30-21(7,8)9)23-15(24)12-13(22)17(26)29-20(4,5)6/h13-14H,10-12,22H2,1-9H3,(H,23,24)/t13-,14-/m0/s1. The van der Waals surface area contributed by atoms with Crippen LogP contribution in [0.1, 0.15) is 81.6 Å². The smallest absolute Gasteiger partial charge is 0.329 e. The van der Waals surface area contributed by atoms with E-state index < -0.39 is 52.7 Å². The fourth-order valence-electron chi connectivity index (χ4n) is 2.19. The Hall–Kier alpha value is -2.16. The number of hydrogen-bond donors (Lipinski definition) is 2. The summed E-state index contributed by atoms with van der Waals surface area (Å²) in [6, 6.07) is -2.27. The van der Waals surface area contributed by atoms with Gasteiger partial charge in [0.2, 0.25) is 5.91 Å². The molecular formula is C21H38N2O7. The van der Waals surface area contributed by atoms with Crippen molar-refractivity contribution in [1.82, 2.24) is 5.32 Å². The van der Waals surface area contributed by atoms with E-state index in [0.717, 1.165) is 0 Å². The predicted molar refractivity (Wildman–Crippen MR) is 111 cm³/mol. The molecular weight excluding hydrogens is 392 g/mol. The summed E-state index contributed by atoms with van der Waals surface area (Å²) >= 11 is 0. The van der Waals surface area contributed by atoms with Gasteiger partial charge in [-0.25, -0.2) is 4.79 Å². The Morgan fingerprint density at radius 3 is 1.63 bits per heavy atom. The molecule has 0 aliphatic carbocycles. The molecule has 0 rings (SSSR count). The van der Waals surface area contributed by atoms with Crippen LogP contribution in [0, 0.1) is 0 Å². The van der Waals surface area contributed by atoms with E-state index in [0.29, 0.717) is 0 Å². The molecule has 2 atom stereocenters. The van der Waals surface area contributed by atoms with E-state index in [1.54, 1.807) is 62.3 Å². The number of amides is 1. The summed E-state index contributed by atoms with van der Waals surface area (Å²) in [6.07, 6.45) is -0.489. The fraction of sp³-hybridized carbons (Fsp3) is 0.810. The number of nitrogens with two attached hydrogens (primary N) is 1. The molecule has 9 nitrogen and oxygen atoms in total. The molecule has 0 aromatic heterocycles. The van der Waals surface area contributed by atoms with Gasteiger partial charge in [-0.2, -0.15) is 0 Å². The first-order valence-electron chi connectivity index (χ1n) is 10.0. The van der Waals surface area contributed by atoms with Gasteiger partial charge in [-0.05, 0) is 68.7 Å². The summed E-state index contributed by atoms with van der Waals surface area (Å²) in [5.74, 6) is -2.55. The quantitative estimate of drug-likeness (QED) is 0.441. The van der Waals surface area contributed by atoms with Gasteiger partial charge in [0.05, 0.1) is 6.42 Å². The van der Waals surface area contributed by atoms with Crippen LogP contribution in [0.4, 0.5) is 0 Å². The van der Waals surface area contributed by atoms with Crippen LogP contribution in [0.2, 0.25) is 0 Å². The Labute approximate surface area is 179 Å². The van der Waals surface area contributed by atoms with E-state index in [1.165, 1.54) is 0 Å². The molecule has 174 valence electrons. The van der Waals surface area contributed by atoms with Crippen LogP contribution < -0.4 is 11.1 Å². The molecule has 0 saturated carbocycles. The van der Waals surface area contributed by atoms with Gasteiger partial charge in [-0.3, -0.25) is 14.4 Å². The first kappa shape index (κ1) is 27.8. The Balaban J connectivity index is 5.06. The molecule has 0 radical (unpaired) electrons. The van der Waals surface area contributed by atoms with Crippen molar-refractivity contribution in [3.05, 3.63) is 0 Å². The van der Waals surface area contributed by atoms with Crippen LogP contribution in [0.15, 0.2) is 0 Å². The summed E-state index contributed by atoms with van der Waals surface area (Å²) in [6.45, 7) is 15.3. The largest absolute Gasteiger partial charge is 0.460 e. The number of esters is 3. The summed E-state index contributed by atoms with van der Waals surface area (Å²) in [5, 5.41) is 2.50. The van der Waals surface area contributed by atoms with Crippen LogP contribution in [0.5, 0.6) is 0 Å². The van der Waals surface area contributed by atoms with Gasteiger partial charge in [0, 0.05) is 6.42 Å². The lowest BCUT2D eigenvalue weighted by Gasteiger charge is -2.26. The Bertz CT molecular complexity index is 625. The predicted octanol–water partition coefficient (Wildman–Crippen LogP) is 1.99. The lowest BCUT2D eigenvalue weighted by atomic mass is 10.1. The zero-order valence-corrected chi connectivity index (χ0v) is 19.7. The first-order valence-corrected chi connectivity index (χ1v) is 10.0. The summed E-state index contributed by atoms with van der Waals surface area (Å²) in [7, 11) is 0. The molecule has 30 heavy (non-hydrogen) atoms. The minimum absolute atomic E-state index is 0.0166. The highest BCUT2D eigenvalue weighted by atomic mass is 16.6. The maximum absolute atomic E-state index is 12.5. The molecule has 0 saturated heterocycles. The second-order valence-electron chi connectivity index (χ2n) is 10.1. The van der Waals surface area contributed by atoms with Crippen molar-refractivity contribution < 1.29 is 33.4 Å². The number of nitrogens with one attached hydrogen (secondary N) is 1. The molecule has 0 aliphatic rings. The van der Waals surface area contributed by atoms with Gasteiger partial charge in [0.1, 0.15) is 28.9 Å². The number of rotatable bonds is 8. The third-order valence-corrected chi connectivity index (χ3v) is 3.20. The molecule has 0 unspecified atom stereocenters. The summed E-state index contributed by atoms with van der Waals surface area (Å²) < 4.78 is 15.7. The molecule has 0 aromatic rings. The minimum Gasteiger partial charge on any atom is -0.460 e. The molecule has 0 aliphatic heterocycles. The van der Waals surface area contributed by atoms with E-state index in [2.05, 4.69) is 5.32 Å². The van der Waals surface area contributed by atoms with Crippen LogP contribution in [-0.2, 0) is 33.4 Å². The van der Waals surface area contributed by atoms with Crippen molar-refractivity contribution in [3.8, 4) is 0 Å². The van der Waals surface area contributed by atoms with Crippen molar-refractivity contribution in [2.45, 2.75) is 110 Å². The van der Waals surface area contributed by atoms with E-state index in [1.807, 2.05) is 0 Å². The second-order valence-corrected chi connectivity index (χ2v) is 10.1. The number of ether oxygens (including phenoxy) is 3. The van der Waals surface area contributed by atoms with Crippen molar-refractivity contribution in [2.24, 2.45) is 5.73 Å². The molecule has 0 bridgehead atoms. The molecule has 0 spiro atoms. The highest BCUT2D eigenvalue weighted by Gasteiger charge is 2.30. The average Bonchev–Trinajstić information content (AvgIpc) is 2.45. The zero-order chi connectivity index (χ0) is 23.9. The third-order valence-electron chi connectivity index (χ3n) is 3.20. The van der Waals surface area contributed by atoms with E-state index in [9.17, 15) is 19.2 Å². The van der Waals surface area contributed by atoms with E-state index >= 15 is 0 Å². The first-order chi connectivity index (χ1) is 13.3. The van der Waals surface area contributed by atoms with Crippen LogP contribution in [0.3, 0.4) is 0 Å². The normalized spacial score (nSPS) is 14.3. The lowest BCUT2D eigenvalue weighted by Crippen LogP contribution is -2.47. The monoisotopic (exact) mass is 430 g/mol. The molecule has 3 N–H and O–H groups in total. The molecule has 9 heteroatoms. The van der Waals surface area contributed by atoms with Crippen molar-refractivity contribution in [3.63, 3.8) is 0 Å². The second kappa shape index (κ2) is 10.7. The highest BCUT2D eigenvalue weighted by molar-refractivity contribution is 5.88.